The first kappa shape index (κ1) is 33.0. The Hall–Kier alpha value is -4.95. The minimum Gasteiger partial charge on any atom is -0.368 e. The number of fused-ring (bicyclic) bond motifs is 1. The molecular formula is C34H35F3N8O2S. The first-order valence-electron chi connectivity index (χ1n) is 15.4. The van der Waals surface area contributed by atoms with Gasteiger partial charge in [0.2, 0.25) is 5.95 Å². The molecule has 1 aliphatic rings. The largest absolute Gasteiger partial charge is 0.418 e. The number of benzene rings is 2. The highest BCUT2D eigenvalue weighted by atomic mass is 32.2. The highest BCUT2D eigenvalue weighted by molar-refractivity contribution is 8.00. The number of nitrogens with one attached hydrogen (secondary N) is 3. The second-order valence-electron chi connectivity index (χ2n) is 11.8. The van der Waals surface area contributed by atoms with Gasteiger partial charge in [0.25, 0.3) is 5.56 Å². The third kappa shape index (κ3) is 6.99. The second kappa shape index (κ2) is 13.3. The lowest BCUT2D eigenvalue weighted by atomic mass is 10.1. The number of hydrogen-bond acceptors (Lipinski definition) is 9. The van der Waals surface area contributed by atoms with E-state index in [-0.39, 0.29) is 40.5 Å². The summed E-state index contributed by atoms with van der Waals surface area (Å²) in [5.74, 6) is 3.97. The molecule has 1 unspecified atom stereocenters. The summed E-state index contributed by atoms with van der Waals surface area (Å²) in [5.41, 5.74) is 0.892. The lowest BCUT2D eigenvalue weighted by Crippen LogP contribution is -2.44. The van der Waals surface area contributed by atoms with Crippen LogP contribution >= 0.6 is 0 Å². The van der Waals surface area contributed by atoms with Crippen LogP contribution in [0.15, 0.2) is 88.9 Å². The van der Waals surface area contributed by atoms with Crippen molar-refractivity contribution in [1.29, 1.82) is 0 Å². The van der Waals surface area contributed by atoms with Crippen LogP contribution in [-0.4, -0.2) is 61.0 Å². The first-order valence-corrected chi connectivity index (χ1v) is 17.2. The van der Waals surface area contributed by atoms with Gasteiger partial charge < -0.3 is 20.9 Å². The molecule has 14 heteroatoms. The van der Waals surface area contributed by atoms with E-state index >= 15 is 0 Å². The fourth-order valence-electron chi connectivity index (χ4n) is 5.51. The molecule has 3 N–H and O–H groups in total. The molecule has 0 bridgehead atoms. The summed E-state index contributed by atoms with van der Waals surface area (Å²) in [5, 5.41) is 9.48. The summed E-state index contributed by atoms with van der Waals surface area (Å²) in [6, 6.07) is 16.3. The van der Waals surface area contributed by atoms with E-state index in [1.807, 2.05) is 19.9 Å². The van der Waals surface area contributed by atoms with Crippen molar-refractivity contribution >= 4 is 55.1 Å². The zero-order valence-corrected chi connectivity index (χ0v) is 27.2. The molecule has 1 atom stereocenters. The van der Waals surface area contributed by atoms with Crippen molar-refractivity contribution in [2.45, 2.75) is 36.7 Å². The van der Waals surface area contributed by atoms with Gasteiger partial charge in [-0.2, -0.15) is 18.2 Å². The third-order valence-electron chi connectivity index (χ3n) is 8.18. The summed E-state index contributed by atoms with van der Waals surface area (Å²) >= 11 is 0. The highest BCUT2D eigenvalue weighted by Crippen LogP contribution is 2.39. The van der Waals surface area contributed by atoms with Crippen molar-refractivity contribution in [1.82, 2.24) is 24.8 Å². The van der Waals surface area contributed by atoms with E-state index in [0.29, 0.717) is 47.7 Å². The van der Waals surface area contributed by atoms with Crippen molar-refractivity contribution in [2.24, 2.45) is 0 Å². The molecule has 0 amide bonds. The number of rotatable bonds is 9. The number of anilines is 5. The Morgan fingerprint density at radius 3 is 2.50 bits per heavy atom. The van der Waals surface area contributed by atoms with E-state index in [1.165, 1.54) is 16.8 Å². The van der Waals surface area contributed by atoms with Gasteiger partial charge in [-0.05, 0) is 69.5 Å². The van der Waals surface area contributed by atoms with Crippen LogP contribution in [0, 0.1) is 0 Å². The van der Waals surface area contributed by atoms with Crippen molar-refractivity contribution in [3.63, 3.8) is 0 Å². The number of hydrogen-bond donors (Lipinski definition) is 3. The predicted molar refractivity (Wildman–Crippen MR) is 185 cm³/mol. The van der Waals surface area contributed by atoms with Gasteiger partial charge in [-0.25, -0.2) is 4.98 Å². The molecule has 0 spiro atoms. The lowest BCUT2D eigenvalue weighted by Gasteiger charge is -2.31. The van der Waals surface area contributed by atoms with E-state index in [2.05, 4.69) is 36.8 Å². The molecule has 10 nitrogen and oxygen atoms in total. The normalized spacial score (nSPS) is 15.0. The zero-order chi connectivity index (χ0) is 34.1. The maximum absolute atomic E-state index is 14.2. The second-order valence-corrected chi connectivity index (χ2v) is 14.7. The molecule has 2 aromatic carbocycles. The Morgan fingerprint density at radius 2 is 1.79 bits per heavy atom. The average Bonchev–Trinajstić information content (AvgIpc) is 3.07. The van der Waals surface area contributed by atoms with Gasteiger partial charge in [-0.15, -0.1) is 0 Å². The number of pyridine rings is 2. The van der Waals surface area contributed by atoms with Crippen LogP contribution in [0.5, 0.6) is 0 Å². The molecule has 250 valence electrons. The molecule has 48 heavy (non-hydrogen) atoms. The van der Waals surface area contributed by atoms with Gasteiger partial charge in [-0.1, -0.05) is 26.0 Å². The smallest absolute Gasteiger partial charge is 0.368 e. The summed E-state index contributed by atoms with van der Waals surface area (Å²) in [6.45, 7) is 5.87. The highest BCUT2D eigenvalue weighted by Gasteiger charge is 2.35. The quantitative estimate of drug-likeness (QED) is 0.171. The molecule has 1 saturated heterocycles. The number of aromatic nitrogens is 4. The standard InChI is InChI=1S/C34H35F3N8O2S/c1-22(2)48(3,47)27-8-4-6-23(16-27)21-45-31-24(17-29(32(45)46)41-26-7-5-11-39-20-26)19-40-33(43-31)42-25-9-10-30(28(18-25)34(35,36)37)44-14-12-38-13-15-44/h4-11,16-20,22,38,41H,3,12-15,21H2,1-2H3,(H,40,42,43). The molecular weight excluding hydrogens is 641 g/mol. The fourth-order valence-corrected chi connectivity index (χ4v) is 6.72. The Kier molecular flexibility index (Phi) is 9.12. The molecule has 5 aromatic rings. The molecule has 0 aliphatic carbocycles. The maximum atomic E-state index is 14.2. The predicted octanol–water partition coefficient (Wildman–Crippen LogP) is 5.63. The Labute approximate surface area is 276 Å². The van der Waals surface area contributed by atoms with Gasteiger partial charge in [0, 0.05) is 65.5 Å². The van der Waals surface area contributed by atoms with Gasteiger partial charge in [0.15, 0.2) is 0 Å². The van der Waals surface area contributed by atoms with Crippen molar-refractivity contribution in [3.05, 3.63) is 101 Å². The minimum atomic E-state index is -4.58. The van der Waals surface area contributed by atoms with Crippen LogP contribution in [0.3, 0.4) is 0 Å². The maximum Gasteiger partial charge on any atom is 0.418 e. The third-order valence-corrected chi connectivity index (χ3v) is 10.8. The summed E-state index contributed by atoms with van der Waals surface area (Å²) in [7, 11) is -2.59. The van der Waals surface area contributed by atoms with E-state index in [9.17, 15) is 22.2 Å². The lowest BCUT2D eigenvalue weighted by molar-refractivity contribution is -0.137. The number of alkyl halides is 3. The van der Waals surface area contributed by atoms with Crippen LogP contribution in [0.2, 0.25) is 0 Å². The van der Waals surface area contributed by atoms with E-state index in [0.717, 1.165) is 6.07 Å². The van der Waals surface area contributed by atoms with Crippen molar-refractivity contribution in [3.8, 4) is 0 Å². The molecule has 0 radical (unpaired) electrons. The molecule has 3 aromatic heterocycles. The zero-order valence-electron chi connectivity index (χ0n) is 26.4. The Balaban J connectivity index is 1.41. The monoisotopic (exact) mass is 676 g/mol. The van der Waals surface area contributed by atoms with Crippen molar-refractivity contribution in [2.75, 3.05) is 41.7 Å². The first-order chi connectivity index (χ1) is 22.9. The van der Waals surface area contributed by atoms with E-state index in [4.69, 9.17) is 0 Å². The summed E-state index contributed by atoms with van der Waals surface area (Å²) in [6.07, 6.45) is 0.127. The van der Waals surface area contributed by atoms with Crippen LogP contribution in [-0.2, 0) is 22.2 Å². The fraction of sp³-hybridized carbons (Fsp3) is 0.265. The van der Waals surface area contributed by atoms with Crippen molar-refractivity contribution < 1.29 is 17.4 Å². The Bertz CT molecular complexity index is 2110. The van der Waals surface area contributed by atoms with Gasteiger partial charge in [-0.3, -0.25) is 18.6 Å². The van der Waals surface area contributed by atoms with Crippen LogP contribution in [0.1, 0.15) is 25.0 Å². The topological polar surface area (TPSA) is 117 Å². The molecule has 1 aliphatic heterocycles. The van der Waals surface area contributed by atoms with E-state index in [1.54, 1.807) is 59.8 Å². The Morgan fingerprint density at radius 1 is 1.00 bits per heavy atom. The van der Waals surface area contributed by atoms with Crippen LogP contribution in [0.25, 0.3) is 11.0 Å². The van der Waals surface area contributed by atoms with Crippen LogP contribution in [0.4, 0.5) is 41.9 Å². The van der Waals surface area contributed by atoms with Crippen LogP contribution < -0.4 is 26.4 Å². The van der Waals surface area contributed by atoms with Gasteiger partial charge >= 0.3 is 6.18 Å². The SMILES string of the molecule is C=S(=O)(c1cccc(Cn2c(=O)c(Nc3cccnc3)cc3cnc(Nc4ccc(N5CCNCC5)c(C(F)(F)F)c4)nc32)c1)C(C)C. The molecule has 0 saturated carbocycles. The van der Waals surface area contributed by atoms with E-state index < -0.39 is 26.8 Å². The summed E-state index contributed by atoms with van der Waals surface area (Å²) < 4.78 is 57.4. The minimum absolute atomic E-state index is 0.0148. The molecule has 6 rings (SSSR count). The molecule has 1 fully saturated rings. The number of halogens is 3. The average molecular weight is 677 g/mol. The number of piperazine rings is 1. The van der Waals surface area contributed by atoms with Gasteiger partial charge in [0.1, 0.15) is 11.3 Å². The molecule has 4 heterocycles. The number of nitrogens with zero attached hydrogens (tertiary/aromatic N) is 5. The van der Waals surface area contributed by atoms with Gasteiger partial charge in [0.05, 0.1) is 24.0 Å². The summed E-state index contributed by atoms with van der Waals surface area (Å²) in [4.78, 5) is 29.4.